The van der Waals surface area contributed by atoms with Crippen molar-refractivity contribution in [3.63, 3.8) is 0 Å². The maximum atomic E-state index is 13.1. The van der Waals surface area contributed by atoms with Crippen LogP contribution in [-0.2, 0) is 6.54 Å². The number of hydrogen-bond acceptors (Lipinski definition) is 3. The second kappa shape index (κ2) is 5.92. The van der Waals surface area contributed by atoms with Gasteiger partial charge in [0, 0.05) is 17.6 Å². The average Bonchev–Trinajstić information content (AvgIpc) is 2.92. The molecule has 3 nitrogen and oxygen atoms in total. The zero-order valence-corrected chi connectivity index (χ0v) is 12.3. The molecule has 2 aromatic rings. The highest BCUT2D eigenvalue weighted by molar-refractivity contribution is 6.31. The first-order valence-electron chi connectivity index (χ1n) is 6.70. The van der Waals surface area contributed by atoms with Crippen molar-refractivity contribution in [3.05, 3.63) is 58.4 Å². The van der Waals surface area contributed by atoms with Crippen LogP contribution in [0.5, 0.6) is 11.5 Å². The lowest BCUT2D eigenvalue weighted by Crippen LogP contribution is -2.18. The van der Waals surface area contributed by atoms with Crippen LogP contribution < -0.4 is 14.8 Å². The third kappa shape index (κ3) is 3.12. The standard InChI is InChI=1S/C16H15ClFNO2/c1-10(13-4-3-12(18)7-14(13)17)19-8-11-2-5-15-16(6-11)21-9-20-15/h2-7,10,19H,8-9H2,1H3. The van der Waals surface area contributed by atoms with Crippen LogP contribution in [0.4, 0.5) is 4.39 Å². The Morgan fingerprint density at radius 1 is 1.19 bits per heavy atom. The minimum absolute atomic E-state index is 0.0172. The molecule has 5 heteroatoms. The number of rotatable bonds is 4. The maximum absolute atomic E-state index is 13.1. The topological polar surface area (TPSA) is 30.5 Å². The summed E-state index contributed by atoms with van der Waals surface area (Å²) in [6.45, 7) is 2.92. The van der Waals surface area contributed by atoms with Gasteiger partial charge in [0.05, 0.1) is 0 Å². The maximum Gasteiger partial charge on any atom is 0.231 e. The van der Waals surface area contributed by atoms with Crippen molar-refractivity contribution < 1.29 is 13.9 Å². The summed E-state index contributed by atoms with van der Waals surface area (Å²) in [6, 6.07) is 10.3. The number of benzene rings is 2. The lowest BCUT2D eigenvalue weighted by molar-refractivity contribution is 0.174. The van der Waals surface area contributed by atoms with Crippen LogP contribution >= 0.6 is 11.6 Å². The molecule has 0 saturated heterocycles. The van der Waals surface area contributed by atoms with Crippen LogP contribution in [-0.4, -0.2) is 6.79 Å². The molecule has 0 aromatic heterocycles. The van der Waals surface area contributed by atoms with E-state index in [1.165, 1.54) is 12.1 Å². The number of ether oxygens (including phenoxy) is 2. The van der Waals surface area contributed by atoms with Crippen LogP contribution in [0, 0.1) is 5.82 Å². The van der Waals surface area contributed by atoms with Gasteiger partial charge in [-0.15, -0.1) is 0 Å². The fourth-order valence-electron chi connectivity index (χ4n) is 2.28. The third-order valence-electron chi connectivity index (χ3n) is 3.48. The summed E-state index contributed by atoms with van der Waals surface area (Å²) in [5, 5.41) is 3.79. The minimum atomic E-state index is -0.327. The molecule has 110 valence electrons. The molecule has 0 amide bonds. The fourth-order valence-corrected chi connectivity index (χ4v) is 2.62. The second-order valence-corrected chi connectivity index (χ2v) is 5.36. The van der Waals surface area contributed by atoms with Crippen LogP contribution in [0.1, 0.15) is 24.1 Å². The Hall–Kier alpha value is -1.78. The highest BCUT2D eigenvalue weighted by Crippen LogP contribution is 2.32. The van der Waals surface area contributed by atoms with Crippen molar-refractivity contribution in [1.29, 1.82) is 0 Å². The summed E-state index contributed by atoms with van der Waals surface area (Å²) in [5.41, 5.74) is 1.96. The second-order valence-electron chi connectivity index (χ2n) is 4.96. The molecule has 3 rings (SSSR count). The van der Waals surface area contributed by atoms with E-state index >= 15 is 0 Å². The molecule has 1 unspecified atom stereocenters. The Morgan fingerprint density at radius 3 is 2.81 bits per heavy atom. The first-order valence-corrected chi connectivity index (χ1v) is 7.08. The van der Waals surface area contributed by atoms with Crippen molar-refractivity contribution in [2.24, 2.45) is 0 Å². The number of halogens is 2. The van der Waals surface area contributed by atoms with E-state index in [-0.39, 0.29) is 18.7 Å². The molecule has 0 spiro atoms. The number of nitrogens with one attached hydrogen (secondary N) is 1. The van der Waals surface area contributed by atoms with Gasteiger partial charge >= 0.3 is 0 Å². The Balaban J connectivity index is 1.67. The molecule has 0 aliphatic carbocycles. The van der Waals surface area contributed by atoms with Gasteiger partial charge in [-0.1, -0.05) is 23.7 Å². The van der Waals surface area contributed by atoms with Crippen molar-refractivity contribution in [1.82, 2.24) is 5.32 Å². The van der Waals surface area contributed by atoms with Gasteiger partial charge in [-0.25, -0.2) is 4.39 Å². The summed E-state index contributed by atoms with van der Waals surface area (Å²) in [5.74, 6) is 1.21. The van der Waals surface area contributed by atoms with Gasteiger partial charge in [-0.2, -0.15) is 0 Å². The quantitative estimate of drug-likeness (QED) is 0.924. The van der Waals surface area contributed by atoms with Gasteiger partial charge in [-0.05, 0) is 42.3 Å². The predicted octanol–water partition coefficient (Wildman–Crippen LogP) is 4.06. The molecule has 1 atom stereocenters. The number of hydrogen-bond donors (Lipinski definition) is 1. The van der Waals surface area contributed by atoms with Crippen LogP contribution in [0.15, 0.2) is 36.4 Å². The van der Waals surface area contributed by atoms with Crippen molar-refractivity contribution in [2.45, 2.75) is 19.5 Å². The van der Waals surface area contributed by atoms with Gasteiger partial charge in [0.2, 0.25) is 6.79 Å². The van der Waals surface area contributed by atoms with Crippen molar-refractivity contribution >= 4 is 11.6 Å². The molecule has 21 heavy (non-hydrogen) atoms. The summed E-state index contributed by atoms with van der Waals surface area (Å²) < 4.78 is 23.7. The molecule has 0 radical (unpaired) electrons. The minimum Gasteiger partial charge on any atom is -0.454 e. The Kier molecular flexibility index (Phi) is 3.99. The molecule has 0 saturated carbocycles. The van der Waals surface area contributed by atoms with E-state index in [1.54, 1.807) is 6.07 Å². The highest BCUT2D eigenvalue weighted by atomic mass is 35.5. The predicted molar refractivity (Wildman–Crippen MR) is 79.2 cm³/mol. The molecule has 1 aliphatic rings. The third-order valence-corrected chi connectivity index (χ3v) is 3.81. The molecule has 1 aliphatic heterocycles. The van der Waals surface area contributed by atoms with Crippen LogP contribution in [0.2, 0.25) is 5.02 Å². The largest absolute Gasteiger partial charge is 0.454 e. The van der Waals surface area contributed by atoms with E-state index in [2.05, 4.69) is 5.32 Å². The molecule has 1 heterocycles. The zero-order valence-electron chi connectivity index (χ0n) is 11.5. The Morgan fingerprint density at radius 2 is 2.00 bits per heavy atom. The van der Waals surface area contributed by atoms with E-state index in [4.69, 9.17) is 21.1 Å². The van der Waals surface area contributed by atoms with Crippen LogP contribution in [0.25, 0.3) is 0 Å². The van der Waals surface area contributed by atoms with E-state index in [9.17, 15) is 4.39 Å². The first-order chi connectivity index (χ1) is 10.1. The monoisotopic (exact) mass is 307 g/mol. The van der Waals surface area contributed by atoms with E-state index < -0.39 is 0 Å². The highest BCUT2D eigenvalue weighted by Gasteiger charge is 2.14. The summed E-state index contributed by atoms with van der Waals surface area (Å²) in [4.78, 5) is 0. The Labute approximate surface area is 127 Å². The molecule has 1 N–H and O–H groups in total. The fraction of sp³-hybridized carbons (Fsp3) is 0.250. The summed E-state index contributed by atoms with van der Waals surface area (Å²) in [6.07, 6.45) is 0. The normalized spacial score (nSPS) is 14.2. The Bertz CT molecular complexity index is 663. The van der Waals surface area contributed by atoms with Gasteiger partial charge in [-0.3, -0.25) is 0 Å². The summed E-state index contributed by atoms with van der Waals surface area (Å²) >= 11 is 6.07. The molecule has 2 aromatic carbocycles. The van der Waals surface area contributed by atoms with Gasteiger partial charge in [0.25, 0.3) is 0 Å². The van der Waals surface area contributed by atoms with Crippen LogP contribution in [0.3, 0.4) is 0 Å². The van der Waals surface area contributed by atoms with E-state index in [0.717, 1.165) is 22.6 Å². The average molecular weight is 308 g/mol. The molecular weight excluding hydrogens is 293 g/mol. The van der Waals surface area contributed by atoms with Crippen molar-refractivity contribution in [3.8, 4) is 11.5 Å². The van der Waals surface area contributed by atoms with E-state index in [0.29, 0.717) is 11.6 Å². The zero-order chi connectivity index (χ0) is 14.8. The number of fused-ring (bicyclic) bond motifs is 1. The van der Waals surface area contributed by atoms with Gasteiger partial charge < -0.3 is 14.8 Å². The summed E-state index contributed by atoms with van der Waals surface area (Å²) in [7, 11) is 0. The SMILES string of the molecule is CC(NCc1ccc2c(c1)OCO2)c1ccc(F)cc1Cl. The van der Waals surface area contributed by atoms with Gasteiger partial charge in [0.1, 0.15) is 5.82 Å². The van der Waals surface area contributed by atoms with Gasteiger partial charge in [0.15, 0.2) is 11.5 Å². The smallest absolute Gasteiger partial charge is 0.231 e. The molecule has 0 bridgehead atoms. The molecular formula is C16H15ClFNO2. The van der Waals surface area contributed by atoms with E-state index in [1.807, 2.05) is 25.1 Å². The lowest BCUT2D eigenvalue weighted by Gasteiger charge is -2.16. The molecule has 0 fully saturated rings. The lowest BCUT2D eigenvalue weighted by atomic mass is 10.1. The first kappa shape index (κ1) is 14.2. The van der Waals surface area contributed by atoms with Crippen molar-refractivity contribution in [2.75, 3.05) is 6.79 Å².